The van der Waals surface area contributed by atoms with Crippen molar-refractivity contribution in [1.29, 1.82) is 0 Å². The number of aliphatic carboxylic acids is 1. The summed E-state index contributed by atoms with van der Waals surface area (Å²) in [6.45, 7) is 2.18. The minimum Gasteiger partial charge on any atom is -0.480 e. The SMILES string of the molecule is O=C(O)Cn1nnc(-c2cnc(N3CC4CN(c5ccccc5C(F)(F)F)CC4C3)s2)n1. The van der Waals surface area contributed by atoms with Crippen molar-refractivity contribution in [3.05, 3.63) is 36.0 Å². The summed E-state index contributed by atoms with van der Waals surface area (Å²) in [7, 11) is 0. The molecule has 0 saturated carbocycles. The van der Waals surface area contributed by atoms with Crippen LogP contribution in [-0.2, 0) is 17.5 Å². The zero-order valence-electron chi connectivity index (χ0n) is 16.6. The first-order valence-electron chi connectivity index (χ1n) is 9.90. The fraction of sp³-hybridized carbons (Fsp3) is 0.421. The van der Waals surface area contributed by atoms with Crippen LogP contribution in [0.1, 0.15) is 5.56 Å². The summed E-state index contributed by atoms with van der Waals surface area (Å²) in [6, 6.07) is 5.73. The first kappa shape index (κ1) is 20.7. The van der Waals surface area contributed by atoms with E-state index in [1.165, 1.54) is 17.4 Å². The maximum Gasteiger partial charge on any atom is 0.418 e. The van der Waals surface area contributed by atoms with Crippen LogP contribution in [0.5, 0.6) is 0 Å². The average molecular weight is 465 g/mol. The molecule has 5 rings (SSSR count). The van der Waals surface area contributed by atoms with Gasteiger partial charge < -0.3 is 14.9 Å². The monoisotopic (exact) mass is 465 g/mol. The molecule has 2 aliphatic rings. The number of para-hydroxylation sites is 1. The van der Waals surface area contributed by atoms with Gasteiger partial charge in [-0.25, -0.2) is 4.98 Å². The number of carboxylic acids is 1. The molecule has 13 heteroatoms. The Morgan fingerprint density at radius 2 is 1.81 bits per heavy atom. The third kappa shape index (κ3) is 3.87. The lowest BCUT2D eigenvalue weighted by atomic mass is 10.0. The second kappa shape index (κ2) is 7.73. The van der Waals surface area contributed by atoms with Gasteiger partial charge in [0.15, 0.2) is 11.7 Å². The van der Waals surface area contributed by atoms with E-state index < -0.39 is 17.7 Å². The van der Waals surface area contributed by atoms with E-state index in [0.29, 0.717) is 36.9 Å². The van der Waals surface area contributed by atoms with E-state index in [1.807, 2.05) is 4.90 Å². The third-order valence-corrected chi connectivity index (χ3v) is 6.80. The molecule has 1 N–H and O–H groups in total. The number of rotatable bonds is 5. The number of hydrogen-bond donors (Lipinski definition) is 1. The quantitative estimate of drug-likeness (QED) is 0.614. The predicted octanol–water partition coefficient (Wildman–Crippen LogP) is 2.47. The standard InChI is InChI=1S/C19H18F3N7O2S/c20-19(21,22)13-3-1-2-4-14(13)27-6-11-8-28(9-12(11)7-27)18-23-5-15(32-18)17-24-26-29(25-17)10-16(30)31/h1-5,11-12H,6-10H2,(H,30,31). The molecule has 2 aromatic heterocycles. The molecule has 2 aliphatic heterocycles. The van der Waals surface area contributed by atoms with Gasteiger partial charge in [-0.05, 0) is 17.3 Å². The molecular weight excluding hydrogens is 447 g/mol. The van der Waals surface area contributed by atoms with E-state index in [4.69, 9.17) is 5.11 Å². The van der Waals surface area contributed by atoms with Crippen molar-refractivity contribution in [1.82, 2.24) is 25.2 Å². The second-order valence-corrected chi connectivity index (χ2v) is 8.90. The maximum absolute atomic E-state index is 13.4. The topological polar surface area (TPSA) is 100 Å². The van der Waals surface area contributed by atoms with Crippen LogP contribution in [0, 0.1) is 11.8 Å². The number of thiazole rings is 1. The van der Waals surface area contributed by atoms with Crippen molar-refractivity contribution in [3.63, 3.8) is 0 Å². The van der Waals surface area contributed by atoms with Gasteiger partial charge in [0.2, 0.25) is 5.82 Å². The molecule has 2 atom stereocenters. The Morgan fingerprint density at radius 3 is 2.50 bits per heavy atom. The van der Waals surface area contributed by atoms with Crippen molar-refractivity contribution in [2.75, 3.05) is 36.0 Å². The van der Waals surface area contributed by atoms with Gasteiger partial charge in [0.1, 0.15) is 0 Å². The molecule has 2 fully saturated rings. The zero-order valence-corrected chi connectivity index (χ0v) is 17.4. The summed E-state index contributed by atoms with van der Waals surface area (Å²) in [4.78, 5) is 20.9. The van der Waals surface area contributed by atoms with Crippen molar-refractivity contribution < 1.29 is 23.1 Å². The number of halogens is 3. The molecule has 1 aromatic carbocycles. The van der Waals surface area contributed by atoms with Gasteiger partial charge in [-0.15, -0.1) is 10.2 Å². The largest absolute Gasteiger partial charge is 0.480 e. The molecule has 0 aliphatic carbocycles. The number of benzene rings is 1. The van der Waals surface area contributed by atoms with Crippen molar-refractivity contribution >= 4 is 28.1 Å². The molecule has 168 valence electrons. The molecular formula is C19H18F3N7O2S. The molecule has 0 bridgehead atoms. The van der Waals surface area contributed by atoms with E-state index >= 15 is 0 Å². The first-order valence-corrected chi connectivity index (χ1v) is 10.7. The number of tetrazole rings is 1. The van der Waals surface area contributed by atoms with Crippen molar-refractivity contribution in [2.24, 2.45) is 11.8 Å². The summed E-state index contributed by atoms with van der Waals surface area (Å²) in [5, 5.41) is 21.3. The Kier molecular flexibility index (Phi) is 4.99. The van der Waals surface area contributed by atoms with Gasteiger partial charge in [-0.3, -0.25) is 4.79 Å². The van der Waals surface area contributed by atoms with Gasteiger partial charge in [0.05, 0.1) is 16.6 Å². The van der Waals surface area contributed by atoms with E-state index in [1.54, 1.807) is 18.3 Å². The minimum absolute atomic E-state index is 0.244. The third-order valence-electron chi connectivity index (χ3n) is 5.75. The number of anilines is 2. The highest BCUT2D eigenvalue weighted by molar-refractivity contribution is 7.18. The molecule has 4 heterocycles. The first-order chi connectivity index (χ1) is 15.3. The van der Waals surface area contributed by atoms with Gasteiger partial charge in [0, 0.05) is 43.7 Å². The predicted molar refractivity (Wildman–Crippen MR) is 109 cm³/mol. The summed E-state index contributed by atoms with van der Waals surface area (Å²) in [5.41, 5.74) is -0.349. The normalized spacial score (nSPS) is 20.7. The zero-order chi connectivity index (χ0) is 22.5. The number of carboxylic acid groups (broad SMARTS) is 1. The molecule has 3 aromatic rings. The number of alkyl halides is 3. The fourth-order valence-electron chi connectivity index (χ4n) is 4.38. The van der Waals surface area contributed by atoms with E-state index in [9.17, 15) is 18.0 Å². The fourth-order valence-corrected chi connectivity index (χ4v) is 5.24. The Hall–Kier alpha value is -3.22. The Bertz CT molecular complexity index is 1130. The Labute approximate surface area is 184 Å². The van der Waals surface area contributed by atoms with Crippen LogP contribution in [0.15, 0.2) is 30.5 Å². The molecule has 9 nitrogen and oxygen atoms in total. The number of hydrogen-bond acceptors (Lipinski definition) is 8. The van der Waals surface area contributed by atoms with Gasteiger partial charge in [-0.1, -0.05) is 23.5 Å². The molecule has 2 unspecified atom stereocenters. The van der Waals surface area contributed by atoms with E-state index in [0.717, 1.165) is 16.0 Å². The second-order valence-electron chi connectivity index (χ2n) is 7.89. The lowest BCUT2D eigenvalue weighted by Gasteiger charge is -2.25. The van der Waals surface area contributed by atoms with E-state index in [2.05, 4.69) is 25.3 Å². The van der Waals surface area contributed by atoms with Crippen LogP contribution in [0.4, 0.5) is 24.0 Å². The highest BCUT2D eigenvalue weighted by Gasteiger charge is 2.43. The molecule has 32 heavy (non-hydrogen) atoms. The Balaban J connectivity index is 1.26. The summed E-state index contributed by atoms with van der Waals surface area (Å²) >= 11 is 1.38. The molecule has 2 saturated heterocycles. The summed E-state index contributed by atoms with van der Waals surface area (Å²) in [5.74, 6) is -0.254. The van der Waals surface area contributed by atoms with Crippen molar-refractivity contribution in [3.8, 4) is 10.7 Å². The molecule has 0 radical (unpaired) electrons. The number of fused-ring (bicyclic) bond motifs is 1. The molecule has 0 amide bonds. The number of carbonyl (C=O) groups is 1. The lowest BCUT2D eigenvalue weighted by molar-refractivity contribution is -0.138. The highest BCUT2D eigenvalue weighted by Crippen LogP contribution is 2.42. The van der Waals surface area contributed by atoms with E-state index in [-0.39, 0.29) is 24.1 Å². The minimum atomic E-state index is -4.38. The van der Waals surface area contributed by atoms with Crippen LogP contribution in [-0.4, -0.2) is 62.4 Å². The number of nitrogens with zero attached hydrogens (tertiary/aromatic N) is 7. The van der Waals surface area contributed by atoms with Crippen molar-refractivity contribution in [2.45, 2.75) is 12.7 Å². The summed E-state index contributed by atoms with van der Waals surface area (Å²) in [6.07, 6.45) is -2.75. The number of aromatic nitrogens is 5. The van der Waals surface area contributed by atoms with Gasteiger partial charge >= 0.3 is 12.1 Å². The Morgan fingerprint density at radius 1 is 1.12 bits per heavy atom. The highest BCUT2D eigenvalue weighted by atomic mass is 32.1. The van der Waals surface area contributed by atoms with Crippen LogP contribution < -0.4 is 9.80 Å². The summed E-state index contributed by atoms with van der Waals surface area (Å²) < 4.78 is 40.2. The lowest BCUT2D eigenvalue weighted by Crippen LogP contribution is -2.29. The average Bonchev–Trinajstić information content (AvgIpc) is 3.49. The maximum atomic E-state index is 13.4. The van der Waals surface area contributed by atoms with Gasteiger partial charge in [-0.2, -0.15) is 18.0 Å². The smallest absolute Gasteiger partial charge is 0.418 e. The van der Waals surface area contributed by atoms with Crippen LogP contribution in [0.2, 0.25) is 0 Å². The van der Waals surface area contributed by atoms with Gasteiger partial charge in [0.25, 0.3) is 0 Å². The molecule has 0 spiro atoms. The van der Waals surface area contributed by atoms with Crippen LogP contribution in [0.25, 0.3) is 10.7 Å². The van der Waals surface area contributed by atoms with Crippen LogP contribution >= 0.6 is 11.3 Å². The van der Waals surface area contributed by atoms with Crippen LogP contribution in [0.3, 0.4) is 0 Å².